The van der Waals surface area contributed by atoms with Gasteiger partial charge in [-0.2, -0.15) is 0 Å². The Labute approximate surface area is 189 Å². The SMILES string of the molecule is Cc1ccc(CNC(=O)Cc2ccc(COC(=O)[C@@H](C)NC(=O)OC(C)(C)C)cc2)cc1. The molecule has 0 saturated heterocycles. The first-order valence-electron chi connectivity index (χ1n) is 10.6. The quantitative estimate of drug-likeness (QED) is 0.609. The first-order valence-corrected chi connectivity index (χ1v) is 10.6. The lowest BCUT2D eigenvalue weighted by molar-refractivity contribution is -0.147. The van der Waals surface area contributed by atoms with E-state index in [0.29, 0.717) is 6.54 Å². The Morgan fingerprint density at radius 1 is 0.906 bits per heavy atom. The average Bonchev–Trinajstić information content (AvgIpc) is 2.71. The van der Waals surface area contributed by atoms with Crippen molar-refractivity contribution in [1.29, 1.82) is 0 Å². The Bertz CT molecular complexity index is 915. The first kappa shape index (κ1) is 24.9. The number of hydrogen-bond acceptors (Lipinski definition) is 5. The van der Waals surface area contributed by atoms with Crippen LogP contribution in [0.5, 0.6) is 0 Å². The van der Waals surface area contributed by atoms with E-state index in [0.717, 1.165) is 16.7 Å². The van der Waals surface area contributed by atoms with Crippen LogP contribution in [-0.4, -0.2) is 29.6 Å². The molecule has 172 valence electrons. The van der Waals surface area contributed by atoms with Gasteiger partial charge in [0.1, 0.15) is 18.2 Å². The molecule has 2 aromatic rings. The maximum atomic E-state index is 12.2. The number of nitrogens with one attached hydrogen (secondary N) is 2. The summed E-state index contributed by atoms with van der Waals surface area (Å²) in [5.74, 6) is -0.623. The Hall–Kier alpha value is -3.35. The van der Waals surface area contributed by atoms with Crippen molar-refractivity contribution in [3.8, 4) is 0 Å². The second kappa shape index (κ2) is 11.3. The molecule has 7 heteroatoms. The van der Waals surface area contributed by atoms with E-state index in [1.807, 2.05) is 55.5 Å². The lowest BCUT2D eigenvalue weighted by Gasteiger charge is -2.21. The minimum absolute atomic E-state index is 0.0632. The molecule has 0 fully saturated rings. The maximum Gasteiger partial charge on any atom is 0.408 e. The van der Waals surface area contributed by atoms with Gasteiger partial charge < -0.3 is 20.1 Å². The number of aryl methyl sites for hydroxylation is 1. The van der Waals surface area contributed by atoms with E-state index >= 15 is 0 Å². The average molecular weight is 441 g/mol. The second-order valence-electron chi connectivity index (χ2n) is 8.73. The van der Waals surface area contributed by atoms with E-state index in [-0.39, 0.29) is 18.9 Å². The number of alkyl carbamates (subject to hydrolysis) is 1. The number of carbonyl (C=O) groups is 3. The predicted octanol–water partition coefficient (Wildman–Crippen LogP) is 3.81. The molecule has 7 nitrogen and oxygen atoms in total. The molecule has 2 rings (SSSR count). The Morgan fingerprint density at radius 3 is 2.06 bits per heavy atom. The number of ether oxygens (including phenoxy) is 2. The van der Waals surface area contributed by atoms with Gasteiger partial charge in [-0.05, 0) is 51.3 Å². The van der Waals surface area contributed by atoms with Crippen LogP contribution in [0.2, 0.25) is 0 Å². The number of amides is 2. The summed E-state index contributed by atoms with van der Waals surface area (Å²) in [4.78, 5) is 36.0. The Kier molecular flexibility index (Phi) is 8.81. The second-order valence-corrected chi connectivity index (χ2v) is 8.73. The van der Waals surface area contributed by atoms with Gasteiger partial charge >= 0.3 is 12.1 Å². The summed E-state index contributed by atoms with van der Waals surface area (Å²) in [5.41, 5.74) is 3.23. The lowest BCUT2D eigenvalue weighted by Crippen LogP contribution is -2.42. The van der Waals surface area contributed by atoms with Crippen LogP contribution in [0, 0.1) is 6.92 Å². The minimum atomic E-state index is -0.832. The molecule has 2 amide bonds. The van der Waals surface area contributed by atoms with Gasteiger partial charge in [-0.3, -0.25) is 4.79 Å². The molecule has 32 heavy (non-hydrogen) atoms. The van der Waals surface area contributed by atoms with Gasteiger partial charge in [-0.25, -0.2) is 9.59 Å². The van der Waals surface area contributed by atoms with Crippen molar-refractivity contribution in [2.75, 3.05) is 0 Å². The zero-order valence-electron chi connectivity index (χ0n) is 19.4. The number of carbonyl (C=O) groups excluding carboxylic acids is 3. The van der Waals surface area contributed by atoms with Crippen LogP contribution in [0.1, 0.15) is 49.9 Å². The minimum Gasteiger partial charge on any atom is -0.459 e. The van der Waals surface area contributed by atoms with Crippen molar-refractivity contribution in [3.63, 3.8) is 0 Å². The molecule has 2 N–H and O–H groups in total. The number of esters is 1. The molecule has 0 unspecified atom stereocenters. The molecule has 0 spiro atoms. The number of benzene rings is 2. The largest absolute Gasteiger partial charge is 0.459 e. The molecule has 0 aliphatic rings. The highest BCUT2D eigenvalue weighted by Crippen LogP contribution is 2.09. The van der Waals surface area contributed by atoms with Crippen LogP contribution in [0.3, 0.4) is 0 Å². The standard InChI is InChI=1S/C25H32N2O5/c1-17-6-8-20(9-7-17)15-26-22(28)14-19-10-12-21(13-11-19)16-31-23(29)18(2)27-24(30)32-25(3,4)5/h6-13,18H,14-16H2,1-5H3,(H,26,28)(H,27,30)/t18-/m1/s1. The van der Waals surface area contributed by atoms with Crippen LogP contribution in [-0.2, 0) is 38.6 Å². The summed E-state index contributed by atoms with van der Waals surface area (Å²) in [6, 6.07) is 14.5. The van der Waals surface area contributed by atoms with Crippen molar-refractivity contribution in [3.05, 3.63) is 70.8 Å². The highest BCUT2D eigenvalue weighted by atomic mass is 16.6. The van der Waals surface area contributed by atoms with Crippen LogP contribution in [0.25, 0.3) is 0 Å². The molecule has 0 aliphatic carbocycles. The molecular weight excluding hydrogens is 408 g/mol. The molecule has 0 saturated carbocycles. The fraction of sp³-hybridized carbons (Fsp3) is 0.400. The van der Waals surface area contributed by atoms with Gasteiger partial charge in [0.05, 0.1) is 6.42 Å². The van der Waals surface area contributed by atoms with Crippen LogP contribution >= 0.6 is 0 Å². The lowest BCUT2D eigenvalue weighted by atomic mass is 10.1. The van der Waals surface area contributed by atoms with Gasteiger partial charge in [0.25, 0.3) is 0 Å². The van der Waals surface area contributed by atoms with Crippen molar-refractivity contribution >= 4 is 18.0 Å². The summed E-state index contributed by atoms with van der Waals surface area (Å²) in [6.07, 6.45) is -0.407. The first-order chi connectivity index (χ1) is 15.0. The molecule has 0 aliphatic heterocycles. The molecule has 0 aromatic heterocycles. The van der Waals surface area contributed by atoms with Gasteiger partial charge in [0.2, 0.25) is 5.91 Å². The highest BCUT2D eigenvalue weighted by Gasteiger charge is 2.21. The summed E-state index contributed by atoms with van der Waals surface area (Å²) in [6.45, 7) is 9.34. The van der Waals surface area contributed by atoms with E-state index in [1.54, 1.807) is 20.8 Å². The summed E-state index contributed by atoms with van der Waals surface area (Å²) < 4.78 is 10.4. The molecule has 0 bridgehead atoms. The summed E-state index contributed by atoms with van der Waals surface area (Å²) in [5, 5.41) is 5.36. The van der Waals surface area contributed by atoms with Crippen LogP contribution in [0.15, 0.2) is 48.5 Å². The Balaban J connectivity index is 1.74. The van der Waals surface area contributed by atoms with E-state index in [1.165, 1.54) is 12.5 Å². The number of hydrogen-bond donors (Lipinski definition) is 2. The molecule has 0 heterocycles. The fourth-order valence-corrected chi connectivity index (χ4v) is 2.73. The monoisotopic (exact) mass is 440 g/mol. The third kappa shape index (κ3) is 9.20. The number of rotatable bonds is 8. The third-order valence-corrected chi connectivity index (χ3v) is 4.47. The molecular formula is C25H32N2O5. The Morgan fingerprint density at radius 2 is 1.47 bits per heavy atom. The highest BCUT2D eigenvalue weighted by molar-refractivity contribution is 5.81. The summed E-state index contributed by atoms with van der Waals surface area (Å²) in [7, 11) is 0. The zero-order chi connectivity index (χ0) is 23.7. The van der Waals surface area contributed by atoms with E-state index in [2.05, 4.69) is 10.6 Å². The maximum absolute atomic E-state index is 12.2. The van der Waals surface area contributed by atoms with Gasteiger partial charge in [-0.1, -0.05) is 54.1 Å². The summed E-state index contributed by atoms with van der Waals surface area (Å²) >= 11 is 0. The van der Waals surface area contributed by atoms with Crippen molar-refractivity contribution in [2.24, 2.45) is 0 Å². The molecule has 2 aromatic carbocycles. The van der Waals surface area contributed by atoms with Gasteiger partial charge in [-0.15, -0.1) is 0 Å². The molecule has 1 atom stereocenters. The zero-order valence-corrected chi connectivity index (χ0v) is 19.4. The van der Waals surface area contributed by atoms with Crippen LogP contribution in [0.4, 0.5) is 4.79 Å². The van der Waals surface area contributed by atoms with Gasteiger partial charge in [0.15, 0.2) is 0 Å². The van der Waals surface area contributed by atoms with Crippen LogP contribution < -0.4 is 10.6 Å². The normalized spacial score (nSPS) is 11.9. The fourth-order valence-electron chi connectivity index (χ4n) is 2.73. The third-order valence-electron chi connectivity index (χ3n) is 4.47. The topological polar surface area (TPSA) is 93.7 Å². The van der Waals surface area contributed by atoms with Crippen molar-refractivity contribution in [1.82, 2.24) is 10.6 Å². The molecule has 0 radical (unpaired) electrons. The van der Waals surface area contributed by atoms with Gasteiger partial charge in [0, 0.05) is 6.54 Å². The smallest absolute Gasteiger partial charge is 0.408 e. The van der Waals surface area contributed by atoms with Crippen molar-refractivity contribution in [2.45, 2.75) is 65.8 Å². The predicted molar refractivity (Wildman–Crippen MR) is 122 cm³/mol. The van der Waals surface area contributed by atoms with E-state index in [4.69, 9.17) is 9.47 Å². The van der Waals surface area contributed by atoms with E-state index < -0.39 is 23.7 Å². The van der Waals surface area contributed by atoms with Crippen molar-refractivity contribution < 1.29 is 23.9 Å². The van der Waals surface area contributed by atoms with E-state index in [9.17, 15) is 14.4 Å².